The second-order valence-corrected chi connectivity index (χ2v) is 6.02. The number of ether oxygens (including phenoxy) is 1. The molecule has 9 heteroatoms. The van der Waals surface area contributed by atoms with Crippen LogP contribution in [-0.2, 0) is 20.5 Å². The van der Waals surface area contributed by atoms with Crippen molar-refractivity contribution >= 4 is 17.8 Å². The summed E-state index contributed by atoms with van der Waals surface area (Å²) in [7, 11) is 0. The standard InChI is InChI=1S/C18H21F3N2O4/c1-2-27-16(25)8-7-15(24)22-9-11-23(12-10-22)17(26)13-5-3-4-6-14(13)18(19,20)21/h3-6H,2,7-12H2,1H3. The maximum atomic E-state index is 13.1. The summed E-state index contributed by atoms with van der Waals surface area (Å²) in [6.07, 6.45) is -4.63. The minimum Gasteiger partial charge on any atom is -0.466 e. The van der Waals surface area contributed by atoms with Crippen LogP contribution < -0.4 is 0 Å². The zero-order chi connectivity index (χ0) is 20.0. The lowest BCUT2D eigenvalue weighted by atomic mass is 10.1. The van der Waals surface area contributed by atoms with Crippen LogP contribution in [0.4, 0.5) is 13.2 Å². The molecule has 6 nitrogen and oxygen atoms in total. The molecule has 1 aliphatic rings. The Morgan fingerprint density at radius 2 is 1.59 bits per heavy atom. The van der Waals surface area contributed by atoms with Crippen molar-refractivity contribution in [2.45, 2.75) is 25.9 Å². The van der Waals surface area contributed by atoms with Gasteiger partial charge in [0.05, 0.1) is 24.2 Å². The maximum Gasteiger partial charge on any atom is 0.417 e. The van der Waals surface area contributed by atoms with E-state index in [1.165, 1.54) is 21.9 Å². The van der Waals surface area contributed by atoms with E-state index in [4.69, 9.17) is 4.74 Å². The van der Waals surface area contributed by atoms with E-state index < -0.39 is 29.2 Å². The van der Waals surface area contributed by atoms with Gasteiger partial charge in [0.15, 0.2) is 0 Å². The Morgan fingerprint density at radius 1 is 1.00 bits per heavy atom. The summed E-state index contributed by atoms with van der Waals surface area (Å²) >= 11 is 0. The van der Waals surface area contributed by atoms with Crippen molar-refractivity contribution in [3.8, 4) is 0 Å². The molecule has 2 amide bonds. The van der Waals surface area contributed by atoms with Crippen molar-refractivity contribution in [2.24, 2.45) is 0 Å². The summed E-state index contributed by atoms with van der Waals surface area (Å²) in [5.74, 6) is -1.41. The van der Waals surface area contributed by atoms with Gasteiger partial charge in [-0.3, -0.25) is 14.4 Å². The molecule has 0 spiro atoms. The van der Waals surface area contributed by atoms with E-state index in [9.17, 15) is 27.6 Å². The Hall–Kier alpha value is -2.58. The number of halogens is 3. The van der Waals surface area contributed by atoms with Crippen molar-refractivity contribution in [3.05, 3.63) is 35.4 Å². The Labute approximate surface area is 154 Å². The van der Waals surface area contributed by atoms with Crippen LogP contribution in [-0.4, -0.2) is 60.4 Å². The Kier molecular flexibility index (Phi) is 6.81. The second-order valence-electron chi connectivity index (χ2n) is 6.02. The molecule has 0 saturated carbocycles. The van der Waals surface area contributed by atoms with Gasteiger partial charge in [0.25, 0.3) is 5.91 Å². The zero-order valence-electron chi connectivity index (χ0n) is 14.9. The van der Waals surface area contributed by atoms with Crippen LogP contribution in [0, 0.1) is 0 Å². The third-order valence-corrected chi connectivity index (χ3v) is 4.23. The smallest absolute Gasteiger partial charge is 0.417 e. The third-order valence-electron chi connectivity index (χ3n) is 4.23. The number of carbonyl (C=O) groups excluding carboxylic acids is 3. The van der Waals surface area contributed by atoms with E-state index in [0.717, 1.165) is 12.1 Å². The summed E-state index contributed by atoms with van der Waals surface area (Å²) < 4.78 is 44.0. The molecule has 1 aliphatic heterocycles. The lowest BCUT2D eigenvalue weighted by Crippen LogP contribution is -2.50. The predicted molar refractivity (Wildman–Crippen MR) is 89.8 cm³/mol. The average molecular weight is 386 g/mol. The topological polar surface area (TPSA) is 66.9 Å². The zero-order valence-corrected chi connectivity index (χ0v) is 14.9. The number of esters is 1. The van der Waals surface area contributed by atoms with E-state index in [1.807, 2.05) is 0 Å². The number of amides is 2. The summed E-state index contributed by atoms with van der Waals surface area (Å²) in [5.41, 5.74) is -1.37. The van der Waals surface area contributed by atoms with Crippen molar-refractivity contribution in [1.82, 2.24) is 9.80 Å². The molecule has 0 aliphatic carbocycles. The summed E-state index contributed by atoms with van der Waals surface area (Å²) in [6.45, 7) is 2.61. The maximum absolute atomic E-state index is 13.1. The number of carbonyl (C=O) groups is 3. The van der Waals surface area contributed by atoms with E-state index in [-0.39, 0.29) is 51.5 Å². The van der Waals surface area contributed by atoms with Gasteiger partial charge in [-0.1, -0.05) is 12.1 Å². The molecule has 27 heavy (non-hydrogen) atoms. The van der Waals surface area contributed by atoms with Gasteiger partial charge in [-0.05, 0) is 19.1 Å². The highest BCUT2D eigenvalue weighted by Crippen LogP contribution is 2.32. The number of rotatable bonds is 5. The third kappa shape index (κ3) is 5.45. The number of hydrogen-bond acceptors (Lipinski definition) is 4. The van der Waals surface area contributed by atoms with Crippen molar-refractivity contribution in [1.29, 1.82) is 0 Å². The molecule has 0 unspecified atom stereocenters. The molecule has 0 aromatic heterocycles. The average Bonchev–Trinajstić information content (AvgIpc) is 2.65. The van der Waals surface area contributed by atoms with Crippen LogP contribution in [0.5, 0.6) is 0 Å². The molecule has 1 saturated heterocycles. The van der Waals surface area contributed by atoms with E-state index in [1.54, 1.807) is 6.92 Å². The van der Waals surface area contributed by atoms with Crippen molar-refractivity contribution in [2.75, 3.05) is 32.8 Å². The highest BCUT2D eigenvalue weighted by Gasteiger charge is 2.36. The van der Waals surface area contributed by atoms with Gasteiger partial charge in [-0.2, -0.15) is 13.2 Å². The van der Waals surface area contributed by atoms with Crippen LogP contribution in [0.25, 0.3) is 0 Å². The number of hydrogen-bond donors (Lipinski definition) is 0. The second kappa shape index (κ2) is 8.88. The molecule has 2 rings (SSSR count). The van der Waals surface area contributed by atoms with Gasteiger partial charge in [0.1, 0.15) is 0 Å². The molecular weight excluding hydrogens is 365 g/mol. The molecule has 0 bridgehead atoms. The molecule has 1 heterocycles. The molecule has 1 aromatic carbocycles. The fraction of sp³-hybridized carbons (Fsp3) is 0.500. The first-order chi connectivity index (χ1) is 12.7. The Bertz CT molecular complexity index is 698. The number of benzene rings is 1. The first-order valence-electron chi connectivity index (χ1n) is 8.63. The molecule has 0 radical (unpaired) electrons. The number of piperazine rings is 1. The van der Waals surface area contributed by atoms with Gasteiger partial charge in [-0.15, -0.1) is 0 Å². The van der Waals surface area contributed by atoms with Gasteiger partial charge >= 0.3 is 12.1 Å². The van der Waals surface area contributed by atoms with Crippen LogP contribution in [0.1, 0.15) is 35.7 Å². The van der Waals surface area contributed by atoms with E-state index in [0.29, 0.717) is 0 Å². The SMILES string of the molecule is CCOC(=O)CCC(=O)N1CCN(C(=O)c2ccccc2C(F)(F)F)CC1. The lowest BCUT2D eigenvalue weighted by Gasteiger charge is -2.35. The van der Waals surface area contributed by atoms with E-state index in [2.05, 4.69) is 0 Å². The van der Waals surface area contributed by atoms with Crippen LogP contribution in [0.3, 0.4) is 0 Å². The highest BCUT2D eigenvalue weighted by molar-refractivity contribution is 5.96. The molecule has 1 fully saturated rings. The molecular formula is C18H21F3N2O4. The van der Waals surface area contributed by atoms with Gasteiger partial charge in [0, 0.05) is 32.6 Å². The van der Waals surface area contributed by atoms with Crippen LogP contribution in [0.15, 0.2) is 24.3 Å². The fourth-order valence-corrected chi connectivity index (χ4v) is 2.85. The predicted octanol–water partition coefficient (Wildman–Crippen LogP) is 2.33. The lowest BCUT2D eigenvalue weighted by molar-refractivity contribution is -0.146. The largest absolute Gasteiger partial charge is 0.466 e. The fourth-order valence-electron chi connectivity index (χ4n) is 2.85. The minimum atomic E-state index is -4.61. The van der Waals surface area contributed by atoms with Gasteiger partial charge in [-0.25, -0.2) is 0 Å². The monoisotopic (exact) mass is 386 g/mol. The number of alkyl halides is 3. The van der Waals surface area contributed by atoms with E-state index >= 15 is 0 Å². The van der Waals surface area contributed by atoms with Gasteiger partial charge in [0.2, 0.25) is 5.91 Å². The Balaban J connectivity index is 1.93. The number of nitrogens with zero attached hydrogens (tertiary/aromatic N) is 2. The van der Waals surface area contributed by atoms with Crippen molar-refractivity contribution in [3.63, 3.8) is 0 Å². The molecule has 0 atom stereocenters. The summed E-state index contributed by atoms with van der Waals surface area (Å²) in [4.78, 5) is 38.7. The molecule has 0 N–H and O–H groups in total. The quantitative estimate of drug-likeness (QED) is 0.729. The minimum absolute atomic E-state index is 0.00366. The first kappa shape index (κ1) is 20.7. The van der Waals surface area contributed by atoms with Crippen LogP contribution in [0.2, 0.25) is 0 Å². The Morgan fingerprint density at radius 3 is 2.19 bits per heavy atom. The van der Waals surface area contributed by atoms with Gasteiger partial charge < -0.3 is 14.5 Å². The van der Waals surface area contributed by atoms with Crippen molar-refractivity contribution < 1.29 is 32.3 Å². The molecule has 148 valence electrons. The van der Waals surface area contributed by atoms with Crippen LogP contribution >= 0.6 is 0 Å². The highest BCUT2D eigenvalue weighted by atomic mass is 19.4. The summed E-state index contributed by atoms with van der Waals surface area (Å²) in [6, 6.07) is 4.65. The normalized spacial score (nSPS) is 14.8. The first-order valence-corrected chi connectivity index (χ1v) is 8.63. The molecule has 1 aromatic rings. The summed E-state index contributed by atoms with van der Waals surface area (Å²) in [5, 5.41) is 0.